The van der Waals surface area contributed by atoms with Crippen LogP contribution >= 0.6 is 0 Å². The van der Waals surface area contributed by atoms with Gasteiger partial charge in [-0.05, 0) is 11.6 Å². The molecule has 0 unspecified atom stereocenters. The Labute approximate surface area is 91.4 Å². The van der Waals surface area contributed by atoms with Crippen LogP contribution in [0.1, 0.15) is 17.2 Å². The first kappa shape index (κ1) is 12.4. The zero-order valence-corrected chi connectivity index (χ0v) is 8.46. The number of nitro benzene ring substituents is 1. The highest BCUT2D eigenvalue weighted by Gasteiger charge is 2.21. The standard InChI is InChI=1S/C9H13N3O4/c10-3-7(11)6-1-5(4-13)2-8(9(6)14)12(15)16/h1-2,7,13-14H,3-4,10-11H2/t7-/m1/s1. The average molecular weight is 227 g/mol. The highest BCUT2D eigenvalue weighted by Crippen LogP contribution is 2.34. The Morgan fingerprint density at radius 3 is 2.56 bits per heavy atom. The van der Waals surface area contributed by atoms with Gasteiger partial charge in [0.05, 0.1) is 11.5 Å². The van der Waals surface area contributed by atoms with Crippen LogP contribution in [0.25, 0.3) is 0 Å². The summed E-state index contributed by atoms with van der Waals surface area (Å²) in [5, 5.41) is 29.2. The first-order chi connectivity index (χ1) is 7.51. The summed E-state index contributed by atoms with van der Waals surface area (Å²) in [6.45, 7) is -0.328. The van der Waals surface area contributed by atoms with Crippen molar-refractivity contribution in [3.63, 3.8) is 0 Å². The molecule has 0 spiro atoms. The lowest BCUT2D eigenvalue weighted by atomic mass is 10.0. The summed E-state index contributed by atoms with van der Waals surface area (Å²) in [6, 6.07) is 1.80. The lowest BCUT2D eigenvalue weighted by molar-refractivity contribution is -0.386. The van der Waals surface area contributed by atoms with Crippen molar-refractivity contribution in [1.82, 2.24) is 0 Å². The van der Waals surface area contributed by atoms with Gasteiger partial charge in [0.25, 0.3) is 0 Å². The maximum atomic E-state index is 10.6. The van der Waals surface area contributed by atoms with Crippen LogP contribution in [-0.2, 0) is 6.61 Å². The van der Waals surface area contributed by atoms with Gasteiger partial charge in [0.2, 0.25) is 0 Å². The second-order valence-corrected chi connectivity index (χ2v) is 3.31. The van der Waals surface area contributed by atoms with Gasteiger partial charge < -0.3 is 21.7 Å². The Kier molecular flexibility index (Phi) is 3.78. The van der Waals surface area contributed by atoms with E-state index in [9.17, 15) is 15.2 Å². The van der Waals surface area contributed by atoms with Gasteiger partial charge in [-0.3, -0.25) is 10.1 Å². The molecule has 7 heteroatoms. The van der Waals surface area contributed by atoms with E-state index in [1.54, 1.807) is 0 Å². The van der Waals surface area contributed by atoms with Crippen LogP contribution in [0.3, 0.4) is 0 Å². The van der Waals surface area contributed by atoms with E-state index < -0.39 is 22.4 Å². The predicted molar refractivity (Wildman–Crippen MR) is 56.7 cm³/mol. The molecule has 0 heterocycles. The molecule has 1 rings (SSSR count). The number of benzene rings is 1. The van der Waals surface area contributed by atoms with Gasteiger partial charge >= 0.3 is 5.69 Å². The highest BCUT2D eigenvalue weighted by molar-refractivity contribution is 5.54. The van der Waals surface area contributed by atoms with E-state index in [-0.39, 0.29) is 18.7 Å². The third kappa shape index (κ3) is 2.27. The van der Waals surface area contributed by atoms with Crippen LogP contribution in [0.15, 0.2) is 12.1 Å². The molecule has 0 aliphatic carbocycles. The first-order valence-corrected chi connectivity index (χ1v) is 4.58. The minimum absolute atomic E-state index is 0.0413. The molecular formula is C9H13N3O4. The summed E-state index contributed by atoms with van der Waals surface area (Å²) < 4.78 is 0. The lowest BCUT2D eigenvalue weighted by Crippen LogP contribution is -2.21. The van der Waals surface area contributed by atoms with Crippen LogP contribution in [0.2, 0.25) is 0 Å². The van der Waals surface area contributed by atoms with Gasteiger partial charge in [-0.15, -0.1) is 0 Å². The van der Waals surface area contributed by atoms with E-state index in [0.29, 0.717) is 5.56 Å². The molecule has 0 radical (unpaired) electrons. The molecule has 7 nitrogen and oxygen atoms in total. The Morgan fingerprint density at radius 2 is 2.12 bits per heavy atom. The molecule has 1 aromatic rings. The molecule has 16 heavy (non-hydrogen) atoms. The van der Waals surface area contributed by atoms with Crippen LogP contribution < -0.4 is 11.5 Å². The molecule has 0 saturated heterocycles. The first-order valence-electron chi connectivity index (χ1n) is 4.58. The van der Waals surface area contributed by atoms with Crippen LogP contribution in [-0.4, -0.2) is 21.7 Å². The molecule has 1 aromatic carbocycles. The highest BCUT2D eigenvalue weighted by atomic mass is 16.6. The summed E-state index contributed by atoms with van der Waals surface area (Å²) in [5.41, 5.74) is 10.9. The summed E-state index contributed by atoms with van der Waals surface area (Å²) in [6.07, 6.45) is 0. The zero-order valence-electron chi connectivity index (χ0n) is 8.46. The Morgan fingerprint density at radius 1 is 1.50 bits per heavy atom. The molecule has 0 aromatic heterocycles. The van der Waals surface area contributed by atoms with E-state index >= 15 is 0 Å². The van der Waals surface area contributed by atoms with Crippen molar-refractivity contribution in [1.29, 1.82) is 0 Å². The van der Waals surface area contributed by atoms with Gasteiger partial charge in [0.1, 0.15) is 0 Å². The quantitative estimate of drug-likeness (QED) is 0.413. The Balaban J connectivity index is 3.37. The number of nitrogens with two attached hydrogens (primary N) is 2. The number of rotatable bonds is 4. The number of phenols is 1. The van der Waals surface area contributed by atoms with Gasteiger partial charge in [0.15, 0.2) is 5.75 Å². The molecule has 0 fully saturated rings. The number of nitrogens with zero attached hydrogens (tertiary/aromatic N) is 1. The van der Waals surface area contributed by atoms with Crippen molar-refractivity contribution in [3.8, 4) is 5.75 Å². The third-order valence-electron chi connectivity index (χ3n) is 2.21. The monoisotopic (exact) mass is 227 g/mol. The number of nitro groups is 1. The van der Waals surface area contributed by atoms with Crippen LogP contribution in [0.5, 0.6) is 5.75 Å². The van der Waals surface area contributed by atoms with Crippen molar-refractivity contribution in [2.24, 2.45) is 11.5 Å². The molecular weight excluding hydrogens is 214 g/mol. The maximum Gasteiger partial charge on any atom is 0.311 e. The van der Waals surface area contributed by atoms with Crippen molar-refractivity contribution in [3.05, 3.63) is 33.4 Å². The number of aliphatic hydroxyl groups is 1. The number of hydrogen-bond acceptors (Lipinski definition) is 6. The lowest BCUT2D eigenvalue weighted by Gasteiger charge is -2.12. The van der Waals surface area contributed by atoms with Gasteiger partial charge in [-0.25, -0.2) is 0 Å². The number of phenolic OH excluding ortho intramolecular Hbond substituents is 1. The molecule has 88 valence electrons. The second kappa shape index (κ2) is 4.88. The summed E-state index contributed by atoms with van der Waals surface area (Å²) in [4.78, 5) is 9.91. The Hall–Kier alpha value is -1.70. The minimum Gasteiger partial charge on any atom is -0.502 e. The summed E-state index contributed by atoms with van der Waals surface area (Å²) in [7, 11) is 0. The smallest absolute Gasteiger partial charge is 0.311 e. The van der Waals surface area contributed by atoms with Crippen molar-refractivity contribution >= 4 is 5.69 Å². The van der Waals surface area contributed by atoms with E-state index in [2.05, 4.69) is 0 Å². The predicted octanol–water partition coefficient (Wildman–Crippen LogP) is -0.249. The van der Waals surface area contributed by atoms with Gasteiger partial charge in [0, 0.05) is 24.2 Å². The van der Waals surface area contributed by atoms with Gasteiger partial charge in [-0.1, -0.05) is 0 Å². The fourth-order valence-corrected chi connectivity index (χ4v) is 1.34. The normalized spacial score (nSPS) is 12.4. The molecule has 0 aliphatic rings. The SMILES string of the molecule is NC[C@@H](N)c1cc(CO)cc([N+](=O)[O-])c1O. The molecule has 0 aliphatic heterocycles. The molecule has 0 bridgehead atoms. The molecule has 0 saturated carbocycles. The van der Waals surface area contributed by atoms with Crippen LogP contribution in [0.4, 0.5) is 5.69 Å². The van der Waals surface area contributed by atoms with E-state index in [4.69, 9.17) is 16.6 Å². The summed E-state index contributed by atoms with van der Waals surface area (Å²) >= 11 is 0. The maximum absolute atomic E-state index is 10.6. The van der Waals surface area contributed by atoms with Crippen molar-refractivity contribution in [2.75, 3.05) is 6.54 Å². The minimum atomic E-state index is -0.735. The fraction of sp³-hybridized carbons (Fsp3) is 0.333. The third-order valence-corrected chi connectivity index (χ3v) is 2.21. The molecule has 0 amide bonds. The molecule has 1 atom stereocenters. The van der Waals surface area contributed by atoms with Crippen LogP contribution in [0, 0.1) is 10.1 Å². The number of aliphatic hydroxyl groups excluding tert-OH is 1. The van der Waals surface area contributed by atoms with E-state index in [0.717, 1.165) is 6.07 Å². The topological polar surface area (TPSA) is 136 Å². The molecule has 6 N–H and O–H groups in total. The van der Waals surface area contributed by atoms with E-state index in [1.807, 2.05) is 0 Å². The fourth-order valence-electron chi connectivity index (χ4n) is 1.34. The largest absolute Gasteiger partial charge is 0.502 e. The number of aromatic hydroxyl groups is 1. The second-order valence-electron chi connectivity index (χ2n) is 3.31. The van der Waals surface area contributed by atoms with Gasteiger partial charge in [-0.2, -0.15) is 0 Å². The van der Waals surface area contributed by atoms with E-state index in [1.165, 1.54) is 6.07 Å². The van der Waals surface area contributed by atoms with Crippen molar-refractivity contribution in [2.45, 2.75) is 12.6 Å². The van der Waals surface area contributed by atoms with Crippen molar-refractivity contribution < 1.29 is 15.1 Å². The average Bonchev–Trinajstić information content (AvgIpc) is 2.28. The Bertz CT molecular complexity index is 408. The number of hydrogen-bond donors (Lipinski definition) is 4. The summed E-state index contributed by atoms with van der Waals surface area (Å²) in [5.74, 6) is -0.500. The zero-order chi connectivity index (χ0) is 12.3.